The Hall–Kier alpha value is -1.50. The van der Waals surface area contributed by atoms with Gasteiger partial charge in [0.05, 0.1) is 11.6 Å². The number of halogens is 1. The Balaban J connectivity index is 2.68. The van der Waals surface area contributed by atoms with E-state index in [9.17, 15) is 4.79 Å². The van der Waals surface area contributed by atoms with Gasteiger partial charge in [0.2, 0.25) is 0 Å². The summed E-state index contributed by atoms with van der Waals surface area (Å²) in [5.41, 5.74) is 6.74. The minimum Gasteiger partial charge on any atom is -0.352 e. The average molecular weight is 293 g/mol. The van der Waals surface area contributed by atoms with Gasteiger partial charge in [0.15, 0.2) is 0 Å². The van der Waals surface area contributed by atoms with Crippen molar-refractivity contribution >= 4 is 17.5 Å². The molecule has 0 aromatic heterocycles. The smallest absolute Gasteiger partial charge is 0.251 e. The van der Waals surface area contributed by atoms with E-state index in [1.807, 2.05) is 0 Å². The third-order valence-corrected chi connectivity index (χ3v) is 3.03. The van der Waals surface area contributed by atoms with E-state index in [0.717, 1.165) is 6.42 Å². The normalized spacial score (nSPS) is 10.7. The fourth-order valence-corrected chi connectivity index (χ4v) is 1.78. The van der Waals surface area contributed by atoms with Crippen LogP contribution in [0.3, 0.4) is 0 Å². The lowest BCUT2D eigenvalue weighted by Gasteiger charge is -2.18. The molecule has 4 heteroatoms. The number of amides is 1. The second-order valence-corrected chi connectivity index (χ2v) is 6.17. The predicted octanol–water partition coefficient (Wildman–Crippen LogP) is 2.82. The second kappa shape index (κ2) is 7.33. The maximum absolute atomic E-state index is 12.0. The number of rotatable bonds is 3. The molecule has 0 radical (unpaired) electrons. The van der Waals surface area contributed by atoms with Crippen LogP contribution in [0, 0.1) is 17.3 Å². The lowest BCUT2D eigenvalue weighted by atomic mass is 9.92. The van der Waals surface area contributed by atoms with E-state index in [1.165, 1.54) is 0 Å². The van der Waals surface area contributed by atoms with Gasteiger partial charge in [-0.1, -0.05) is 44.2 Å². The largest absolute Gasteiger partial charge is 0.352 e. The van der Waals surface area contributed by atoms with E-state index < -0.39 is 0 Å². The highest BCUT2D eigenvalue weighted by Crippen LogP contribution is 2.18. The molecule has 1 aromatic rings. The van der Waals surface area contributed by atoms with Gasteiger partial charge in [-0.25, -0.2) is 0 Å². The monoisotopic (exact) mass is 292 g/mol. The molecule has 0 saturated heterocycles. The molecule has 1 amide bonds. The van der Waals surface area contributed by atoms with Crippen molar-refractivity contribution in [3.8, 4) is 11.8 Å². The summed E-state index contributed by atoms with van der Waals surface area (Å²) < 4.78 is 0. The molecule has 0 heterocycles. The Morgan fingerprint density at radius 1 is 1.40 bits per heavy atom. The average Bonchev–Trinajstić information content (AvgIpc) is 2.35. The lowest BCUT2D eigenvalue weighted by molar-refractivity contribution is 0.0949. The van der Waals surface area contributed by atoms with Crippen molar-refractivity contribution in [3.05, 3.63) is 34.3 Å². The molecular weight excluding hydrogens is 272 g/mol. The second-order valence-electron chi connectivity index (χ2n) is 5.77. The van der Waals surface area contributed by atoms with E-state index in [1.54, 1.807) is 18.2 Å². The van der Waals surface area contributed by atoms with E-state index in [4.69, 9.17) is 17.3 Å². The van der Waals surface area contributed by atoms with Gasteiger partial charge in [0.1, 0.15) is 0 Å². The molecule has 20 heavy (non-hydrogen) atoms. The molecule has 0 aliphatic carbocycles. The molecule has 0 fully saturated rings. The lowest BCUT2D eigenvalue weighted by Crippen LogP contribution is -2.27. The summed E-state index contributed by atoms with van der Waals surface area (Å²) in [5.74, 6) is 5.48. The topological polar surface area (TPSA) is 55.1 Å². The van der Waals surface area contributed by atoms with E-state index in [0.29, 0.717) is 22.7 Å². The summed E-state index contributed by atoms with van der Waals surface area (Å²) in [7, 11) is 0. The molecule has 0 bridgehead atoms. The highest BCUT2D eigenvalue weighted by atomic mass is 35.5. The molecular formula is C16H21ClN2O. The van der Waals surface area contributed by atoms with Crippen LogP contribution in [-0.2, 0) is 0 Å². The molecule has 0 aliphatic rings. The van der Waals surface area contributed by atoms with Gasteiger partial charge in [-0.15, -0.1) is 0 Å². The molecule has 0 unspecified atom stereocenters. The maximum Gasteiger partial charge on any atom is 0.251 e. The quantitative estimate of drug-likeness (QED) is 0.842. The third-order valence-electron chi connectivity index (χ3n) is 2.72. The van der Waals surface area contributed by atoms with Crippen LogP contribution in [0.15, 0.2) is 18.2 Å². The zero-order valence-corrected chi connectivity index (χ0v) is 13.0. The van der Waals surface area contributed by atoms with Crippen LogP contribution in [-0.4, -0.2) is 19.0 Å². The minimum absolute atomic E-state index is 0.116. The number of carbonyl (C=O) groups is 1. The van der Waals surface area contributed by atoms with Crippen LogP contribution in [0.2, 0.25) is 5.02 Å². The summed E-state index contributed by atoms with van der Waals surface area (Å²) in [5, 5.41) is 3.36. The Kier molecular flexibility index (Phi) is 6.06. The molecule has 0 aliphatic heterocycles. The van der Waals surface area contributed by atoms with Gasteiger partial charge in [-0.05, 0) is 30.0 Å². The van der Waals surface area contributed by atoms with Gasteiger partial charge in [0, 0.05) is 17.7 Å². The van der Waals surface area contributed by atoms with Crippen LogP contribution >= 0.6 is 11.6 Å². The number of benzene rings is 1. The first-order valence-corrected chi connectivity index (χ1v) is 6.98. The van der Waals surface area contributed by atoms with Gasteiger partial charge >= 0.3 is 0 Å². The zero-order chi connectivity index (χ0) is 15.2. The first-order valence-electron chi connectivity index (χ1n) is 6.60. The van der Waals surface area contributed by atoms with E-state index in [2.05, 4.69) is 37.9 Å². The van der Waals surface area contributed by atoms with Gasteiger partial charge in [0.25, 0.3) is 5.91 Å². The van der Waals surface area contributed by atoms with Crippen molar-refractivity contribution in [2.45, 2.75) is 27.2 Å². The molecule has 3 nitrogen and oxygen atoms in total. The zero-order valence-electron chi connectivity index (χ0n) is 12.2. The third kappa shape index (κ3) is 5.64. The number of nitrogens with two attached hydrogens (primary N) is 1. The highest BCUT2D eigenvalue weighted by Gasteiger charge is 2.12. The summed E-state index contributed by atoms with van der Waals surface area (Å²) >= 11 is 6.09. The molecule has 0 atom stereocenters. The summed E-state index contributed by atoms with van der Waals surface area (Å²) in [6.45, 7) is 7.35. The maximum atomic E-state index is 12.0. The number of hydrogen-bond donors (Lipinski definition) is 2. The Bertz CT molecular complexity index is 536. The van der Waals surface area contributed by atoms with E-state index >= 15 is 0 Å². The van der Waals surface area contributed by atoms with Crippen molar-refractivity contribution in [2.24, 2.45) is 11.1 Å². The number of hydrogen-bond acceptors (Lipinski definition) is 2. The summed E-state index contributed by atoms with van der Waals surface area (Å²) in [4.78, 5) is 12.0. The predicted molar refractivity (Wildman–Crippen MR) is 83.8 cm³/mol. The number of nitrogens with one attached hydrogen (secondary N) is 1. The molecule has 0 spiro atoms. The molecule has 3 N–H and O–H groups in total. The first-order chi connectivity index (χ1) is 9.33. The summed E-state index contributed by atoms with van der Waals surface area (Å²) in [6.07, 6.45) is 0.923. The van der Waals surface area contributed by atoms with E-state index in [-0.39, 0.29) is 17.9 Å². The molecule has 1 rings (SSSR count). The van der Waals surface area contributed by atoms with Gasteiger partial charge in [-0.2, -0.15) is 0 Å². The van der Waals surface area contributed by atoms with Crippen molar-refractivity contribution in [1.82, 2.24) is 5.32 Å². The van der Waals surface area contributed by atoms with Crippen molar-refractivity contribution < 1.29 is 4.79 Å². The number of carbonyl (C=O) groups excluding carboxylic acids is 1. The molecule has 1 aromatic carbocycles. The van der Waals surface area contributed by atoms with Crippen LogP contribution in [0.25, 0.3) is 0 Å². The van der Waals surface area contributed by atoms with Gasteiger partial charge < -0.3 is 11.1 Å². The Labute approximate surface area is 125 Å². The van der Waals surface area contributed by atoms with Crippen LogP contribution in [0.1, 0.15) is 43.1 Å². The Morgan fingerprint density at radius 2 is 2.10 bits per heavy atom. The SMILES string of the molecule is CC(C)(C)CCNC(=O)c1ccc(C#CCN)c(Cl)c1. The van der Waals surface area contributed by atoms with Gasteiger partial charge in [-0.3, -0.25) is 4.79 Å². The van der Waals surface area contributed by atoms with Crippen molar-refractivity contribution in [2.75, 3.05) is 13.1 Å². The van der Waals surface area contributed by atoms with Crippen molar-refractivity contribution in [1.29, 1.82) is 0 Å². The molecule has 0 saturated carbocycles. The fourth-order valence-electron chi connectivity index (χ4n) is 1.56. The fraction of sp³-hybridized carbons (Fsp3) is 0.438. The summed E-state index contributed by atoms with van der Waals surface area (Å²) in [6, 6.07) is 5.09. The minimum atomic E-state index is -0.116. The van der Waals surface area contributed by atoms with Crippen LogP contribution in [0.4, 0.5) is 0 Å². The highest BCUT2D eigenvalue weighted by molar-refractivity contribution is 6.32. The molecule has 108 valence electrons. The van der Waals surface area contributed by atoms with Crippen molar-refractivity contribution in [3.63, 3.8) is 0 Å². The van der Waals surface area contributed by atoms with Crippen LogP contribution in [0.5, 0.6) is 0 Å². The Morgan fingerprint density at radius 3 is 2.65 bits per heavy atom. The standard InChI is InChI=1S/C16H21ClN2O/c1-16(2,3)8-10-19-15(20)13-7-6-12(5-4-9-18)14(17)11-13/h6-7,11H,8-10,18H2,1-3H3,(H,19,20). The first kappa shape index (κ1) is 16.6. The van der Waals surface area contributed by atoms with Crippen LogP contribution < -0.4 is 11.1 Å².